The molecule has 0 spiro atoms. The van der Waals surface area contributed by atoms with Crippen LogP contribution in [0.25, 0.3) is 11.3 Å². The van der Waals surface area contributed by atoms with E-state index in [-0.39, 0.29) is 17.0 Å². The molecule has 0 saturated heterocycles. The molecule has 0 unspecified atom stereocenters. The second-order valence-corrected chi connectivity index (χ2v) is 8.92. The van der Waals surface area contributed by atoms with Gasteiger partial charge in [-0.3, -0.25) is 0 Å². The lowest BCUT2D eigenvalue weighted by molar-refractivity contribution is 0.443. The monoisotopic (exact) mass is 506 g/mol. The molecule has 1 N–H and O–H groups in total. The average molecular weight is 507 g/mol. The number of halogens is 1. The van der Waals surface area contributed by atoms with E-state index in [4.69, 9.17) is 9.72 Å². The summed E-state index contributed by atoms with van der Waals surface area (Å²) in [4.78, 5) is 4.78. The Hall–Kier alpha value is -2.63. The minimum absolute atomic E-state index is 0. The molecule has 1 saturated carbocycles. The summed E-state index contributed by atoms with van der Waals surface area (Å²) in [5, 5.41) is 6.41. The molecule has 0 bridgehead atoms. The average Bonchev–Trinajstić information content (AvgIpc) is 3.30. The van der Waals surface area contributed by atoms with E-state index < -0.39 is 0 Å². The number of aromatic nitrogens is 1. The van der Waals surface area contributed by atoms with Crippen LogP contribution in [-0.2, 0) is 0 Å². The van der Waals surface area contributed by atoms with Crippen molar-refractivity contribution in [3.63, 3.8) is 0 Å². The van der Waals surface area contributed by atoms with Crippen molar-refractivity contribution >= 4 is 39.1 Å². The van der Waals surface area contributed by atoms with Gasteiger partial charge in [0.1, 0.15) is 11.5 Å². The molecule has 1 aliphatic rings. The predicted octanol–water partition coefficient (Wildman–Crippen LogP) is 8.97. The molecule has 4 aromatic rings. The minimum atomic E-state index is 0. The summed E-state index contributed by atoms with van der Waals surface area (Å²) < 4.78 is 5.86. The van der Waals surface area contributed by atoms with Crippen molar-refractivity contribution < 1.29 is 4.74 Å². The number of ether oxygens (including phenoxy) is 1. The Morgan fingerprint density at radius 3 is 2.19 bits per heavy atom. The smallest absolute Gasteiger partial charge is 0.187 e. The molecular weight excluding hydrogens is 480 g/mol. The minimum Gasteiger partial charge on any atom is -0.457 e. The van der Waals surface area contributed by atoms with Crippen LogP contribution in [0, 0.1) is 0 Å². The molecule has 1 fully saturated rings. The van der Waals surface area contributed by atoms with Crippen LogP contribution in [0.4, 0.5) is 10.8 Å². The van der Waals surface area contributed by atoms with E-state index in [1.165, 1.54) is 43.2 Å². The summed E-state index contributed by atoms with van der Waals surface area (Å²) in [6.45, 7) is 0. The summed E-state index contributed by atoms with van der Waals surface area (Å²) in [5.41, 5.74) is 4.67. The predicted molar refractivity (Wildman–Crippen MR) is 140 cm³/mol. The van der Waals surface area contributed by atoms with Crippen LogP contribution in [0.3, 0.4) is 0 Å². The van der Waals surface area contributed by atoms with Gasteiger partial charge in [0.25, 0.3) is 0 Å². The first-order valence-corrected chi connectivity index (χ1v) is 11.9. The maximum Gasteiger partial charge on any atom is 0.187 e. The molecule has 5 heteroatoms. The van der Waals surface area contributed by atoms with Crippen LogP contribution in [0.15, 0.2) is 84.2 Å². The van der Waals surface area contributed by atoms with E-state index in [1.807, 2.05) is 54.6 Å². The van der Waals surface area contributed by atoms with Crippen molar-refractivity contribution in [3.8, 4) is 22.8 Å². The molecule has 32 heavy (non-hydrogen) atoms. The number of para-hydroxylation sites is 1. The molecule has 3 aromatic carbocycles. The first kappa shape index (κ1) is 22.6. The van der Waals surface area contributed by atoms with E-state index in [1.54, 1.807) is 11.3 Å². The Labute approximate surface area is 204 Å². The topological polar surface area (TPSA) is 34.1 Å². The zero-order valence-electron chi connectivity index (χ0n) is 17.9. The molecule has 0 radical (unpaired) electrons. The van der Waals surface area contributed by atoms with Crippen LogP contribution >= 0.6 is 28.3 Å². The van der Waals surface area contributed by atoms with Crippen LogP contribution in [0.2, 0.25) is 0 Å². The summed E-state index contributed by atoms with van der Waals surface area (Å²) in [5.74, 6) is 2.39. The molecule has 1 heterocycles. The first-order chi connectivity index (χ1) is 15.3. The number of hydrogen-bond donors (Lipinski definition) is 1. The lowest BCUT2D eigenvalue weighted by Gasteiger charge is -2.22. The maximum absolute atomic E-state index is 5.86. The molecule has 3 nitrogen and oxygen atoms in total. The second kappa shape index (κ2) is 10.8. The molecule has 0 atom stereocenters. The summed E-state index contributed by atoms with van der Waals surface area (Å²) in [7, 11) is 0. The number of anilines is 2. The van der Waals surface area contributed by atoms with Gasteiger partial charge in [0.2, 0.25) is 0 Å². The van der Waals surface area contributed by atoms with Gasteiger partial charge < -0.3 is 10.1 Å². The number of hydrogen-bond acceptors (Lipinski definition) is 4. The Morgan fingerprint density at radius 2 is 1.47 bits per heavy atom. The highest BCUT2D eigenvalue weighted by atomic mass is 79.9. The fourth-order valence-corrected chi connectivity index (χ4v) is 4.92. The lowest BCUT2D eigenvalue weighted by atomic mass is 9.84. The van der Waals surface area contributed by atoms with Crippen molar-refractivity contribution in [2.24, 2.45) is 0 Å². The van der Waals surface area contributed by atoms with Gasteiger partial charge in [-0.1, -0.05) is 61.7 Å². The Bertz CT molecular complexity index is 1100. The molecule has 0 aliphatic heterocycles. The molecule has 0 amide bonds. The van der Waals surface area contributed by atoms with E-state index in [0.29, 0.717) is 0 Å². The lowest BCUT2D eigenvalue weighted by Crippen LogP contribution is -2.04. The van der Waals surface area contributed by atoms with Gasteiger partial charge in [-0.05, 0) is 60.7 Å². The molecule has 1 aromatic heterocycles. The molecular formula is C27H27BrN2OS. The van der Waals surface area contributed by atoms with Crippen molar-refractivity contribution in [2.45, 2.75) is 38.0 Å². The number of nitrogens with one attached hydrogen (secondary N) is 1. The summed E-state index contributed by atoms with van der Waals surface area (Å²) >= 11 is 1.62. The van der Waals surface area contributed by atoms with E-state index in [0.717, 1.165) is 33.9 Å². The zero-order chi connectivity index (χ0) is 20.9. The standard InChI is InChI=1S/C27H26N2OS.BrH/c1-3-7-20(8-4-1)21-11-13-22(14-12-21)26-19-31-27(29-26)28-23-15-17-25(18-16-23)30-24-9-5-2-6-10-24;/h2,5-6,9-20H,1,3-4,7-8H2,(H,28,29);1H. The second-order valence-electron chi connectivity index (χ2n) is 8.06. The molecule has 164 valence electrons. The van der Waals surface area contributed by atoms with Crippen molar-refractivity contribution in [3.05, 3.63) is 89.8 Å². The van der Waals surface area contributed by atoms with E-state index in [9.17, 15) is 0 Å². The van der Waals surface area contributed by atoms with Crippen molar-refractivity contribution in [1.29, 1.82) is 0 Å². The van der Waals surface area contributed by atoms with Gasteiger partial charge in [0.15, 0.2) is 5.13 Å². The SMILES string of the molecule is Br.c1ccc(Oc2ccc(Nc3nc(-c4ccc(C5CCCCC5)cc4)cs3)cc2)cc1. The third kappa shape index (κ3) is 5.59. The van der Waals surface area contributed by atoms with Crippen molar-refractivity contribution in [2.75, 3.05) is 5.32 Å². The molecule has 5 rings (SSSR count). The number of nitrogens with zero attached hydrogens (tertiary/aromatic N) is 1. The van der Waals surface area contributed by atoms with Gasteiger partial charge in [-0.15, -0.1) is 28.3 Å². The van der Waals surface area contributed by atoms with Gasteiger partial charge in [-0.25, -0.2) is 4.98 Å². The van der Waals surface area contributed by atoms with Crippen molar-refractivity contribution in [1.82, 2.24) is 4.98 Å². The fraction of sp³-hybridized carbons (Fsp3) is 0.222. The fourth-order valence-electron chi connectivity index (χ4n) is 4.18. The number of rotatable bonds is 6. The Kier molecular flexibility index (Phi) is 7.61. The number of benzene rings is 3. The highest BCUT2D eigenvalue weighted by Crippen LogP contribution is 2.34. The third-order valence-corrected chi connectivity index (χ3v) is 6.63. The Morgan fingerprint density at radius 1 is 0.781 bits per heavy atom. The number of thiazole rings is 1. The van der Waals surface area contributed by atoms with Gasteiger partial charge >= 0.3 is 0 Å². The Balaban J connectivity index is 0.00000245. The van der Waals surface area contributed by atoms with Crippen LogP contribution < -0.4 is 10.1 Å². The quantitative estimate of drug-likeness (QED) is 0.283. The summed E-state index contributed by atoms with van der Waals surface area (Å²) in [6.07, 6.45) is 6.80. The van der Waals surface area contributed by atoms with Crippen LogP contribution in [0.1, 0.15) is 43.6 Å². The van der Waals surface area contributed by atoms with E-state index in [2.05, 4.69) is 35.0 Å². The highest BCUT2D eigenvalue weighted by Gasteiger charge is 2.15. The van der Waals surface area contributed by atoms with Gasteiger partial charge in [-0.2, -0.15) is 0 Å². The largest absolute Gasteiger partial charge is 0.457 e. The highest BCUT2D eigenvalue weighted by molar-refractivity contribution is 8.93. The zero-order valence-corrected chi connectivity index (χ0v) is 20.4. The normalized spacial score (nSPS) is 13.9. The molecule has 1 aliphatic carbocycles. The maximum atomic E-state index is 5.86. The van der Waals surface area contributed by atoms with Gasteiger partial charge in [0, 0.05) is 16.6 Å². The van der Waals surface area contributed by atoms with Crippen LogP contribution in [0.5, 0.6) is 11.5 Å². The van der Waals surface area contributed by atoms with Crippen LogP contribution in [-0.4, -0.2) is 4.98 Å². The summed E-state index contributed by atoms with van der Waals surface area (Å²) in [6, 6.07) is 26.8. The van der Waals surface area contributed by atoms with E-state index >= 15 is 0 Å². The van der Waals surface area contributed by atoms with Gasteiger partial charge in [0.05, 0.1) is 5.69 Å². The third-order valence-electron chi connectivity index (χ3n) is 5.87. The first-order valence-electron chi connectivity index (χ1n) is 11.0.